The van der Waals surface area contributed by atoms with Crippen LogP contribution in [-0.4, -0.2) is 46.0 Å². The maximum atomic E-state index is 14.0. The van der Waals surface area contributed by atoms with Crippen molar-refractivity contribution in [3.63, 3.8) is 0 Å². The van der Waals surface area contributed by atoms with E-state index in [-0.39, 0.29) is 35.6 Å². The highest BCUT2D eigenvalue weighted by atomic mass is 32.2. The van der Waals surface area contributed by atoms with E-state index in [1.807, 2.05) is 32.9 Å². The molecule has 0 bridgehead atoms. The van der Waals surface area contributed by atoms with Gasteiger partial charge in [-0.15, -0.1) is 0 Å². The Bertz CT molecular complexity index is 2680. The van der Waals surface area contributed by atoms with Crippen molar-refractivity contribution < 1.29 is 37.0 Å². The molecule has 7 aromatic rings. The van der Waals surface area contributed by atoms with Gasteiger partial charge in [0.1, 0.15) is 24.7 Å². The third-order valence-electron chi connectivity index (χ3n) is 10.2. The van der Waals surface area contributed by atoms with Gasteiger partial charge >= 0.3 is 11.9 Å². The number of hydrogen-bond donors (Lipinski definition) is 2. The molecule has 0 fully saturated rings. The molecule has 0 amide bonds. The number of carbonyl (C=O) groups is 2. The lowest BCUT2D eigenvalue weighted by atomic mass is 9.89. The Hall–Kier alpha value is -5.81. The zero-order valence-corrected chi connectivity index (χ0v) is 31.3. The number of nitrogens with zero attached hydrogens (tertiary/aromatic N) is 2. The first kappa shape index (κ1) is 37.9. The lowest BCUT2D eigenvalue weighted by Gasteiger charge is -2.15. The number of carboxylic acid groups (broad SMARTS) is 2. The van der Waals surface area contributed by atoms with E-state index in [4.69, 9.17) is 0 Å². The van der Waals surface area contributed by atoms with Crippen LogP contribution in [-0.2, 0) is 32.5 Å². The fourth-order valence-corrected chi connectivity index (χ4v) is 8.18. The highest BCUT2D eigenvalue weighted by Gasteiger charge is 2.24. The summed E-state index contributed by atoms with van der Waals surface area (Å²) in [7, 11) is -3.29. The number of halogens is 2. The van der Waals surface area contributed by atoms with Gasteiger partial charge in [-0.2, -0.15) is 0 Å². The molecule has 54 heavy (non-hydrogen) atoms. The topological polar surface area (TPSA) is 119 Å². The molecule has 0 radical (unpaired) electrons. The van der Waals surface area contributed by atoms with Crippen LogP contribution in [0.2, 0.25) is 0 Å². The first-order chi connectivity index (χ1) is 25.5. The molecule has 0 aliphatic heterocycles. The van der Waals surface area contributed by atoms with Gasteiger partial charge in [0.2, 0.25) is 0 Å². The largest absolute Gasteiger partial charge is 0.480 e. The molecular formula is C43H40F2N2O6S. The second-order valence-electron chi connectivity index (χ2n) is 13.7. The van der Waals surface area contributed by atoms with E-state index in [9.17, 15) is 37.0 Å². The maximum Gasteiger partial charge on any atom is 0.323 e. The molecule has 5 aromatic carbocycles. The molecule has 8 nitrogen and oxygen atoms in total. The zero-order chi connectivity index (χ0) is 39.1. The van der Waals surface area contributed by atoms with E-state index < -0.39 is 27.6 Å². The summed E-state index contributed by atoms with van der Waals surface area (Å²) in [6, 6.07) is 29.9. The second-order valence-corrected chi connectivity index (χ2v) is 15.7. The molecule has 11 heteroatoms. The van der Waals surface area contributed by atoms with E-state index in [2.05, 4.69) is 37.3 Å². The van der Waals surface area contributed by atoms with Crippen LogP contribution < -0.4 is 0 Å². The number of carboxylic acids is 2. The van der Waals surface area contributed by atoms with Crippen molar-refractivity contribution in [3.05, 3.63) is 148 Å². The van der Waals surface area contributed by atoms with E-state index >= 15 is 0 Å². The molecule has 2 unspecified atom stereocenters. The van der Waals surface area contributed by atoms with Gasteiger partial charge < -0.3 is 19.3 Å². The van der Waals surface area contributed by atoms with Gasteiger partial charge in [-0.05, 0) is 95.4 Å². The first-order valence-corrected chi connectivity index (χ1v) is 19.2. The van der Waals surface area contributed by atoms with Crippen LogP contribution in [0.25, 0.3) is 32.6 Å². The number of fused-ring (bicyclic) bond motifs is 3. The fraction of sp³-hybridized carbons (Fsp3) is 0.209. The molecule has 0 spiro atoms. The molecule has 0 saturated heterocycles. The normalized spacial score (nSPS) is 12.8. The minimum atomic E-state index is -3.29. The summed E-state index contributed by atoms with van der Waals surface area (Å²) in [5, 5.41) is 22.3. The summed E-state index contributed by atoms with van der Waals surface area (Å²) >= 11 is 0. The first-order valence-electron chi connectivity index (χ1n) is 17.3. The fourth-order valence-electron chi connectivity index (χ4n) is 7.55. The molecule has 0 aliphatic rings. The van der Waals surface area contributed by atoms with Crippen molar-refractivity contribution in [3.8, 4) is 0 Å². The van der Waals surface area contributed by atoms with Gasteiger partial charge in [0.25, 0.3) is 0 Å². The molecule has 278 valence electrons. The van der Waals surface area contributed by atoms with Crippen molar-refractivity contribution in [2.24, 2.45) is 0 Å². The van der Waals surface area contributed by atoms with E-state index in [1.54, 1.807) is 45.5 Å². The number of benzene rings is 5. The smallest absolute Gasteiger partial charge is 0.323 e. The van der Waals surface area contributed by atoms with Crippen molar-refractivity contribution in [2.75, 3.05) is 6.26 Å². The Morgan fingerprint density at radius 3 is 1.54 bits per heavy atom. The number of hydrogen-bond acceptors (Lipinski definition) is 4. The number of sulfone groups is 1. The van der Waals surface area contributed by atoms with Crippen LogP contribution in [0.4, 0.5) is 8.78 Å². The predicted molar refractivity (Wildman–Crippen MR) is 207 cm³/mol. The zero-order valence-electron chi connectivity index (χ0n) is 30.5. The quantitative estimate of drug-likeness (QED) is 0.152. The highest BCUT2D eigenvalue weighted by molar-refractivity contribution is 7.90. The summed E-state index contributed by atoms with van der Waals surface area (Å²) in [5.41, 5.74) is 6.81. The van der Waals surface area contributed by atoms with Gasteiger partial charge in [0.05, 0.1) is 4.90 Å². The average molecular weight is 751 g/mol. The molecule has 0 aliphatic carbocycles. The molecule has 2 aromatic heterocycles. The average Bonchev–Trinajstić information content (AvgIpc) is 3.54. The lowest BCUT2D eigenvalue weighted by Crippen LogP contribution is -2.10. The number of rotatable bonds is 9. The predicted octanol–water partition coefficient (Wildman–Crippen LogP) is 9.21. The Balaban J connectivity index is 0.000000184. The lowest BCUT2D eigenvalue weighted by molar-refractivity contribution is -0.138. The summed E-state index contributed by atoms with van der Waals surface area (Å²) in [6.45, 7) is 7.40. The van der Waals surface area contributed by atoms with Gasteiger partial charge in [-0.1, -0.05) is 68.4 Å². The van der Waals surface area contributed by atoms with Crippen molar-refractivity contribution in [1.82, 2.24) is 9.13 Å². The Labute approximate surface area is 311 Å². The number of aliphatic carboxylic acids is 2. The summed E-state index contributed by atoms with van der Waals surface area (Å²) in [5.74, 6) is -2.76. The van der Waals surface area contributed by atoms with Crippen LogP contribution >= 0.6 is 0 Å². The standard InChI is InChI=1S/C23H20FNO2.C20H20FNO4S/c1-14(17-8-7-16-5-3-4-6-18(16)11-17)23-15(2)25(13-22(26)27)21-10-9-19(24)12-20(21)23;1-12(14-4-7-16(8-5-14)27(3,25)26)20-13(2)22(11-19(23)24)18-9-6-15(21)10-17(18)20/h3-12,14H,13H2,1-2H3,(H,26,27);4-10,12H,11H2,1-3H3,(H,23,24). The number of aromatic nitrogens is 2. The van der Waals surface area contributed by atoms with E-state index in [0.29, 0.717) is 10.9 Å². The molecule has 2 atom stereocenters. The van der Waals surface area contributed by atoms with Crippen LogP contribution in [0.15, 0.2) is 108 Å². The van der Waals surface area contributed by atoms with Crippen LogP contribution in [0.3, 0.4) is 0 Å². The third kappa shape index (κ3) is 7.49. The Morgan fingerprint density at radius 2 is 1.07 bits per heavy atom. The second kappa shape index (κ2) is 14.9. The Kier molecular flexibility index (Phi) is 10.5. The van der Waals surface area contributed by atoms with Gasteiger partial charge in [-0.25, -0.2) is 17.2 Å². The van der Waals surface area contributed by atoms with Crippen molar-refractivity contribution >= 4 is 54.4 Å². The monoisotopic (exact) mass is 750 g/mol. The van der Waals surface area contributed by atoms with Crippen LogP contribution in [0.1, 0.15) is 59.3 Å². The van der Waals surface area contributed by atoms with E-state index in [0.717, 1.165) is 56.2 Å². The Morgan fingerprint density at radius 1 is 0.630 bits per heavy atom. The SMILES string of the molecule is Cc1c(C(C)c2ccc(S(C)(=O)=O)cc2)c2cc(F)ccc2n1CC(=O)O.Cc1c(C(C)c2ccc3ccccc3c2)c2cc(F)ccc2n1CC(=O)O. The van der Waals surface area contributed by atoms with Crippen molar-refractivity contribution in [2.45, 2.75) is 57.5 Å². The van der Waals surface area contributed by atoms with Gasteiger partial charge in [0, 0.05) is 51.3 Å². The molecular weight excluding hydrogens is 711 g/mol. The van der Waals surface area contributed by atoms with Crippen LogP contribution in [0.5, 0.6) is 0 Å². The van der Waals surface area contributed by atoms with Gasteiger partial charge in [0.15, 0.2) is 9.84 Å². The molecule has 2 N–H and O–H groups in total. The summed E-state index contributed by atoms with van der Waals surface area (Å²) < 4.78 is 54.6. The molecule has 7 rings (SSSR count). The molecule has 0 saturated carbocycles. The molecule has 2 heterocycles. The third-order valence-corrected chi connectivity index (χ3v) is 11.3. The van der Waals surface area contributed by atoms with Crippen molar-refractivity contribution in [1.29, 1.82) is 0 Å². The summed E-state index contributed by atoms with van der Waals surface area (Å²) in [4.78, 5) is 22.8. The minimum absolute atomic E-state index is 0.00829. The van der Waals surface area contributed by atoms with Crippen LogP contribution in [0, 0.1) is 25.5 Å². The summed E-state index contributed by atoms with van der Waals surface area (Å²) in [6.07, 6.45) is 1.15. The highest BCUT2D eigenvalue weighted by Crippen LogP contribution is 2.38. The van der Waals surface area contributed by atoms with E-state index in [1.165, 1.54) is 29.7 Å². The van der Waals surface area contributed by atoms with Gasteiger partial charge in [-0.3, -0.25) is 9.59 Å². The minimum Gasteiger partial charge on any atom is -0.480 e. The maximum absolute atomic E-state index is 14.0.